The lowest BCUT2D eigenvalue weighted by molar-refractivity contribution is 0.373. The van der Waals surface area contributed by atoms with Crippen LogP contribution in [0.1, 0.15) is 43.0 Å². The number of nitrogens with zero attached hydrogens (tertiary/aromatic N) is 4. The molecule has 0 aliphatic carbocycles. The highest BCUT2D eigenvalue weighted by molar-refractivity contribution is 5.80. The van der Waals surface area contributed by atoms with Crippen LogP contribution in [0.25, 0.3) is 0 Å². The Bertz CT molecular complexity index is 786. The summed E-state index contributed by atoms with van der Waals surface area (Å²) in [5.74, 6) is 3.06. The van der Waals surface area contributed by atoms with Crippen LogP contribution >= 0.6 is 0 Å². The van der Waals surface area contributed by atoms with Gasteiger partial charge in [0, 0.05) is 13.1 Å². The number of nitrogens with one attached hydrogen (secondary N) is 2. The normalized spacial score (nSPS) is 16.9. The minimum absolute atomic E-state index is 0.0898. The van der Waals surface area contributed by atoms with Crippen LogP contribution in [-0.2, 0) is 13.1 Å². The molecule has 8 heteroatoms. The first-order chi connectivity index (χ1) is 12.6. The van der Waals surface area contributed by atoms with Crippen molar-refractivity contribution in [1.29, 1.82) is 0 Å². The largest absolute Gasteiger partial charge is 0.504 e. The minimum atomic E-state index is 0.0898. The summed E-state index contributed by atoms with van der Waals surface area (Å²) in [6.07, 6.45) is 2.05. The Balaban J connectivity index is 1.73. The van der Waals surface area contributed by atoms with E-state index in [1.807, 2.05) is 24.6 Å². The average molecular weight is 358 g/mol. The van der Waals surface area contributed by atoms with Gasteiger partial charge >= 0.3 is 0 Å². The lowest BCUT2D eigenvalue weighted by Gasteiger charge is -2.25. The molecule has 2 heterocycles. The van der Waals surface area contributed by atoms with E-state index in [0.29, 0.717) is 12.3 Å². The summed E-state index contributed by atoms with van der Waals surface area (Å²) in [7, 11) is 1.53. The maximum absolute atomic E-state index is 9.91. The summed E-state index contributed by atoms with van der Waals surface area (Å²) in [5.41, 5.74) is 0.906. The Morgan fingerprint density at radius 3 is 3.04 bits per heavy atom. The van der Waals surface area contributed by atoms with E-state index >= 15 is 0 Å². The van der Waals surface area contributed by atoms with Crippen LogP contribution in [0.3, 0.4) is 0 Å². The fourth-order valence-corrected chi connectivity index (χ4v) is 3.09. The van der Waals surface area contributed by atoms with Gasteiger partial charge in [-0.2, -0.15) is 5.10 Å². The third-order valence-corrected chi connectivity index (χ3v) is 4.30. The number of aromatic hydroxyl groups is 1. The molecule has 0 radical (unpaired) electrons. The molecule has 0 spiro atoms. The number of hydrogen-bond acceptors (Lipinski definition) is 5. The van der Waals surface area contributed by atoms with E-state index in [2.05, 4.69) is 25.7 Å². The zero-order valence-electron chi connectivity index (χ0n) is 15.5. The molecular formula is C18H26N6O2. The number of phenols is 1. The van der Waals surface area contributed by atoms with Gasteiger partial charge in [-0.05, 0) is 44.4 Å². The number of guanidine groups is 1. The Kier molecular flexibility index (Phi) is 5.60. The van der Waals surface area contributed by atoms with Gasteiger partial charge in [0.2, 0.25) is 0 Å². The van der Waals surface area contributed by atoms with Gasteiger partial charge in [-0.3, -0.25) is 0 Å². The molecule has 2 aromatic rings. The maximum Gasteiger partial charge on any atom is 0.192 e. The smallest absolute Gasteiger partial charge is 0.192 e. The quantitative estimate of drug-likeness (QED) is 0.558. The van der Waals surface area contributed by atoms with E-state index in [1.54, 1.807) is 12.1 Å². The van der Waals surface area contributed by atoms with Crippen LogP contribution in [-0.4, -0.2) is 39.5 Å². The molecule has 3 rings (SSSR count). The van der Waals surface area contributed by atoms with E-state index in [1.165, 1.54) is 7.11 Å². The molecule has 0 amide bonds. The predicted octanol–water partition coefficient (Wildman–Crippen LogP) is 1.89. The number of fused-ring (bicyclic) bond motifs is 1. The van der Waals surface area contributed by atoms with Crippen LogP contribution in [0.15, 0.2) is 23.2 Å². The maximum atomic E-state index is 9.91. The first-order valence-electron chi connectivity index (χ1n) is 8.92. The van der Waals surface area contributed by atoms with E-state index in [-0.39, 0.29) is 11.8 Å². The molecular weight excluding hydrogens is 332 g/mol. The summed E-state index contributed by atoms with van der Waals surface area (Å²) in [5, 5.41) is 21.1. The number of aliphatic imine (C=N–C) groups is 1. The van der Waals surface area contributed by atoms with Gasteiger partial charge in [-0.25, -0.2) is 14.7 Å². The fourth-order valence-electron chi connectivity index (χ4n) is 3.09. The number of aromatic nitrogens is 3. The molecule has 1 atom stereocenters. The third-order valence-electron chi connectivity index (χ3n) is 4.30. The molecule has 1 unspecified atom stereocenters. The lowest BCUT2D eigenvalue weighted by Crippen LogP contribution is -2.41. The molecule has 3 N–H and O–H groups in total. The van der Waals surface area contributed by atoms with Crippen molar-refractivity contribution in [2.45, 2.75) is 45.8 Å². The molecule has 0 saturated carbocycles. The molecule has 1 aliphatic heterocycles. The molecule has 0 saturated heterocycles. The predicted molar refractivity (Wildman–Crippen MR) is 99.3 cm³/mol. The average Bonchev–Trinajstić information content (AvgIpc) is 3.01. The number of hydrogen-bond donors (Lipinski definition) is 3. The molecule has 1 aromatic carbocycles. The standard InChI is InChI=1S/C18H26N6O2/c1-4-19-18(20-11-13-7-8-16(26-3)15(25)10-13)22-14-6-5-9-24-17(14)21-12(2)23-24/h7-8,10,14,25H,4-6,9,11H2,1-3H3,(H2,19,20,22). The van der Waals surface area contributed by atoms with E-state index in [4.69, 9.17) is 4.74 Å². The molecule has 0 fully saturated rings. The van der Waals surface area contributed by atoms with E-state index in [0.717, 1.165) is 49.1 Å². The number of ether oxygens (including phenoxy) is 1. The molecule has 140 valence electrons. The first kappa shape index (κ1) is 18.0. The van der Waals surface area contributed by atoms with Gasteiger partial charge in [-0.15, -0.1) is 0 Å². The second-order valence-electron chi connectivity index (χ2n) is 6.28. The highest BCUT2D eigenvalue weighted by Crippen LogP contribution is 2.26. The van der Waals surface area contributed by atoms with Gasteiger partial charge in [-0.1, -0.05) is 6.07 Å². The second-order valence-corrected chi connectivity index (χ2v) is 6.28. The zero-order chi connectivity index (χ0) is 18.5. The summed E-state index contributed by atoms with van der Waals surface area (Å²) in [4.78, 5) is 9.19. The van der Waals surface area contributed by atoms with Gasteiger partial charge < -0.3 is 20.5 Å². The molecule has 8 nitrogen and oxygen atoms in total. The van der Waals surface area contributed by atoms with Crippen molar-refractivity contribution in [1.82, 2.24) is 25.4 Å². The fraction of sp³-hybridized carbons (Fsp3) is 0.500. The highest BCUT2D eigenvalue weighted by atomic mass is 16.5. The summed E-state index contributed by atoms with van der Waals surface area (Å²) < 4.78 is 7.05. The number of benzene rings is 1. The van der Waals surface area contributed by atoms with Crippen LogP contribution in [0.2, 0.25) is 0 Å². The minimum Gasteiger partial charge on any atom is -0.504 e. The monoisotopic (exact) mass is 358 g/mol. The SMILES string of the molecule is CCNC(=NCc1ccc(OC)c(O)c1)NC1CCCn2nc(C)nc21. The van der Waals surface area contributed by atoms with Crippen molar-refractivity contribution in [2.75, 3.05) is 13.7 Å². The molecule has 26 heavy (non-hydrogen) atoms. The van der Waals surface area contributed by atoms with Crippen molar-refractivity contribution in [2.24, 2.45) is 4.99 Å². The topological polar surface area (TPSA) is 96.6 Å². The molecule has 0 bridgehead atoms. The van der Waals surface area contributed by atoms with Crippen molar-refractivity contribution in [3.63, 3.8) is 0 Å². The number of methoxy groups -OCH3 is 1. The zero-order valence-corrected chi connectivity index (χ0v) is 15.5. The van der Waals surface area contributed by atoms with Crippen molar-refractivity contribution < 1.29 is 9.84 Å². The highest BCUT2D eigenvalue weighted by Gasteiger charge is 2.24. The lowest BCUT2D eigenvalue weighted by atomic mass is 10.1. The molecule has 1 aliphatic rings. The van der Waals surface area contributed by atoms with Crippen LogP contribution in [0.4, 0.5) is 0 Å². The van der Waals surface area contributed by atoms with Crippen LogP contribution < -0.4 is 15.4 Å². The Morgan fingerprint density at radius 1 is 1.46 bits per heavy atom. The molecule has 1 aromatic heterocycles. The van der Waals surface area contributed by atoms with Crippen molar-refractivity contribution in [3.05, 3.63) is 35.4 Å². The van der Waals surface area contributed by atoms with E-state index in [9.17, 15) is 5.11 Å². The van der Waals surface area contributed by atoms with Crippen LogP contribution in [0.5, 0.6) is 11.5 Å². The summed E-state index contributed by atoms with van der Waals surface area (Å²) >= 11 is 0. The number of phenolic OH excluding ortho intramolecular Hbond substituents is 1. The van der Waals surface area contributed by atoms with Gasteiger partial charge in [0.1, 0.15) is 11.6 Å². The number of aryl methyl sites for hydroxylation is 2. The van der Waals surface area contributed by atoms with Crippen molar-refractivity contribution >= 4 is 5.96 Å². The van der Waals surface area contributed by atoms with Gasteiger partial charge in [0.15, 0.2) is 17.5 Å². The third kappa shape index (κ3) is 4.07. The Labute approximate surface area is 153 Å². The Morgan fingerprint density at radius 2 is 2.31 bits per heavy atom. The van der Waals surface area contributed by atoms with E-state index < -0.39 is 0 Å². The first-order valence-corrected chi connectivity index (χ1v) is 8.92. The second kappa shape index (κ2) is 8.07. The summed E-state index contributed by atoms with van der Waals surface area (Å²) in [6, 6.07) is 5.40. The van der Waals surface area contributed by atoms with Gasteiger partial charge in [0.25, 0.3) is 0 Å². The Hall–Kier alpha value is -2.77. The summed E-state index contributed by atoms with van der Waals surface area (Å²) in [6.45, 7) is 6.07. The van der Waals surface area contributed by atoms with Crippen LogP contribution in [0, 0.1) is 6.92 Å². The number of rotatable bonds is 5. The van der Waals surface area contributed by atoms with Gasteiger partial charge in [0.05, 0.1) is 19.7 Å². The van der Waals surface area contributed by atoms with Crippen molar-refractivity contribution in [3.8, 4) is 11.5 Å².